The summed E-state index contributed by atoms with van der Waals surface area (Å²) in [4.78, 5) is 2.64. The van der Waals surface area contributed by atoms with Gasteiger partial charge in [-0.1, -0.05) is 6.42 Å². The molecule has 2 aliphatic rings. The van der Waals surface area contributed by atoms with Gasteiger partial charge in [0.1, 0.15) is 0 Å². The van der Waals surface area contributed by atoms with Gasteiger partial charge in [-0.2, -0.15) is 0 Å². The number of hydrogen-bond acceptors (Lipinski definition) is 3. The molecule has 0 radical (unpaired) electrons. The molecule has 2 bridgehead atoms. The fourth-order valence-corrected chi connectivity index (χ4v) is 3.23. The second-order valence-electron chi connectivity index (χ2n) is 5.10. The molecule has 3 heteroatoms. The van der Waals surface area contributed by atoms with Gasteiger partial charge in [-0.3, -0.25) is 4.90 Å². The summed E-state index contributed by atoms with van der Waals surface area (Å²) in [5, 5.41) is 9.67. The zero-order valence-corrected chi connectivity index (χ0v) is 9.57. The highest BCUT2D eigenvalue weighted by molar-refractivity contribution is 4.94. The van der Waals surface area contributed by atoms with Gasteiger partial charge in [-0.15, -0.1) is 0 Å². The molecule has 3 N–H and O–H groups in total. The SMILES string of the molecule is NCCCCCN1C2CCC1CC(O)C2. The van der Waals surface area contributed by atoms with Gasteiger partial charge in [0, 0.05) is 12.1 Å². The highest BCUT2D eigenvalue weighted by Crippen LogP contribution is 2.35. The maximum Gasteiger partial charge on any atom is 0.0570 e. The van der Waals surface area contributed by atoms with Crippen molar-refractivity contribution >= 4 is 0 Å². The molecule has 3 nitrogen and oxygen atoms in total. The molecule has 15 heavy (non-hydrogen) atoms. The number of fused-ring (bicyclic) bond motifs is 2. The number of nitrogens with two attached hydrogens (primary N) is 1. The Hall–Kier alpha value is -0.120. The van der Waals surface area contributed by atoms with Crippen LogP contribution in [0, 0.1) is 0 Å². The first-order valence-corrected chi connectivity index (χ1v) is 6.45. The van der Waals surface area contributed by atoms with Crippen molar-refractivity contribution in [1.82, 2.24) is 4.90 Å². The van der Waals surface area contributed by atoms with Crippen LogP contribution in [0.5, 0.6) is 0 Å². The van der Waals surface area contributed by atoms with Gasteiger partial charge in [-0.05, 0) is 51.6 Å². The van der Waals surface area contributed by atoms with Crippen molar-refractivity contribution in [3.05, 3.63) is 0 Å². The van der Waals surface area contributed by atoms with Crippen molar-refractivity contribution in [3.8, 4) is 0 Å². The molecule has 2 heterocycles. The molecule has 2 saturated heterocycles. The van der Waals surface area contributed by atoms with Crippen LogP contribution in [0.15, 0.2) is 0 Å². The summed E-state index contributed by atoms with van der Waals surface area (Å²) >= 11 is 0. The predicted molar refractivity (Wildman–Crippen MR) is 61.7 cm³/mol. The van der Waals surface area contributed by atoms with Crippen molar-refractivity contribution in [2.75, 3.05) is 13.1 Å². The van der Waals surface area contributed by atoms with E-state index in [4.69, 9.17) is 5.73 Å². The maximum absolute atomic E-state index is 9.67. The Morgan fingerprint density at radius 1 is 1.07 bits per heavy atom. The van der Waals surface area contributed by atoms with Crippen molar-refractivity contribution in [2.45, 2.75) is 63.1 Å². The van der Waals surface area contributed by atoms with Gasteiger partial charge in [0.05, 0.1) is 6.10 Å². The molecular weight excluding hydrogens is 188 g/mol. The van der Waals surface area contributed by atoms with E-state index in [2.05, 4.69) is 4.90 Å². The molecule has 0 saturated carbocycles. The van der Waals surface area contributed by atoms with Gasteiger partial charge in [0.25, 0.3) is 0 Å². The molecule has 2 rings (SSSR count). The standard InChI is InChI=1S/C12H24N2O/c13-6-2-1-3-7-14-10-4-5-11(14)9-12(15)8-10/h10-12,15H,1-9,13H2. The number of nitrogens with zero attached hydrogens (tertiary/aromatic N) is 1. The molecule has 2 aliphatic heterocycles. The lowest BCUT2D eigenvalue weighted by Crippen LogP contribution is -2.45. The van der Waals surface area contributed by atoms with Gasteiger partial charge < -0.3 is 10.8 Å². The van der Waals surface area contributed by atoms with E-state index in [0.717, 1.165) is 25.8 Å². The fourth-order valence-electron chi connectivity index (χ4n) is 3.23. The van der Waals surface area contributed by atoms with E-state index >= 15 is 0 Å². The summed E-state index contributed by atoms with van der Waals surface area (Å²) in [5.41, 5.74) is 5.49. The molecule has 88 valence electrons. The largest absolute Gasteiger partial charge is 0.393 e. The second kappa shape index (κ2) is 5.28. The molecule has 0 aromatic heterocycles. The summed E-state index contributed by atoms with van der Waals surface area (Å²) in [6.45, 7) is 2.05. The number of piperidine rings is 1. The minimum Gasteiger partial charge on any atom is -0.393 e. The van der Waals surface area contributed by atoms with Gasteiger partial charge >= 0.3 is 0 Å². The second-order valence-corrected chi connectivity index (χ2v) is 5.10. The highest BCUT2D eigenvalue weighted by Gasteiger charge is 2.39. The third-order valence-corrected chi connectivity index (χ3v) is 3.98. The number of rotatable bonds is 5. The Balaban J connectivity index is 1.74. The van der Waals surface area contributed by atoms with Crippen molar-refractivity contribution < 1.29 is 5.11 Å². The monoisotopic (exact) mass is 212 g/mol. The summed E-state index contributed by atoms with van der Waals surface area (Å²) < 4.78 is 0. The molecule has 0 spiro atoms. The smallest absolute Gasteiger partial charge is 0.0570 e. The first kappa shape index (κ1) is 11.4. The Morgan fingerprint density at radius 3 is 2.33 bits per heavy atom. The maximum atomic E-state index is 9.67. The number of aliphatic hydroxyl groups is 1. The van der Waals surface area contributed by atoms with Gasteiger partial charge in [0.15, 0.2) is 0 Å². The van der Waals surface area contributed by atoms with E-state index in [9.17, 15) is 5.11 Å². The lowest BCUT2D eigenvalue weighted by Gasteiger charge is -2.37. The van der Waals surface area contributed by atoms with Crippen LogP contribution in [0.4, 0.5) is 0 Å². The van der Waals surface area contributed by atoms with Crippen LogP contribution in [-0.2, 0) is 0 Å². The summed E-state index contributed by atoms with van der Waals surface area (Å²) in [6, 6.07) is 1.35. The average Bonchev–Trinajstić information content (AvgIpc) is 2.46. The van der Waals surface area contributed by atoms with Crippen LogP contribution in [-0.4, -0.2) is 41.3 Å². The first-order chi connectivity index (χ1) is 7.31. The van der Waals surface area contributed by atoms with Crippen LogP contribution in [0.3, 0.4) is 0 Å². The Labute approximate surface area is 92.6 Å². The van der Waals surface area contributed by atoms with E-state index in [1.807, 2.05) is 0 Å². The molecule has 2 unspecified atom stereocenters. The number of hydrogen-bond donors (Lipinski definition) is 2. The van der Waals surface area contributed by atoms with Crippen LogP contribution < -0.4 is 5.73 Å². The lowest BCUT2D eigenvalue weighted by molar-refractivity contribution is 0.0347. The van der Waals surface area contributed by atoms with Crippen molar-refractivity contribution in [1.29, 1.82) is 0 Å². The average molecular weight is 212 g/mol. The van der Waals surface area contributed by atoms with E-state index in [1.54, 1.807) is 0 Å². The van der Waals surface area contributed by atoms with E-state index in [0.29, 0.717) is 12.1 Å². The molecule has 0 aromatic rings. The van der Waals surface area contributed by atoms with Crippen LogP contribution >= 0.6 is 0 Å². The minimum absolute atomic E-state index is 0.0252. The quantitative estimate of drug-likeness (QED) is 0.671. The van der Waals surface area contributed by atoms with E-state index in [-0.39, 0.29) is 6.10 Å². The normalized spacial score (nSPS) is 36.0. The van der Waals surface area contributed by atoms with Gasteiger partial charge in [-0.25, -0.2) is 0 Å². The summed E-state index contributed by atoms with van der Waals surface area (Å²) in [5.74, 6) is 0. The third kappa shape index (κ3) is 2.71. The summed E-state index contributed by atoms with van der Waals surface area (Å²) in [6.07, 6.45) is 8.29. The molecular formula is C12H24N2O. The first-order valence-electron chi connectivity index (χ1n) is 6.45. The zero-order chi connectivity index (χ0) is 10.7. The zero-order valence-electron chi connectivity index (χ0n) is 9.57. The number of aliphatic hydroxyl groups excluding tert-OH is 1. The lowest BCUT2D eigenvalue weighted by atomic mass is 9.99. The Bertz CT molecular complexity index is 184. The summed E-state index contributed by atoms with van der Waals surface area (Å²) in [7, 11) is 0. The van der Waals surface area contributed by atoms with Crippen LogP contribution in [0.2, 0.25) is 0 Å². The minimum atomic E-state index is -0.0252. The Morgan fingerprint density at radius 2 is 1.73 bits per heavy atom. The molecule has 0 amide bonds. The van der Waals surface area contributed by atoms with Crippen LogP contribution in [0.25, 0.3) is 0 Å². The molecule has 0 aromatic carbocycles. The fraction of sp³-hybridized carbons (Fsp3) is 1.00. The van der Waals surface area contributed by atoms with Gasteiger partial charge in [0.2, 0.25) is 0 Å². The van der Waals surface area contributed by atoms with Crippen LogP contribution in [0.1, 0.15) is 44.9 Å². The third-order valence-electron chi connectivity index (χ3n) is 3.98. The van der Waals surface area contributed by atoms with Crippen molar-refractivity contribution in [2.24, 2.45) is 5.73 Å². The van der Waals surface area contributed by atoms with Crippen molar-refractivity contribution in [3.63, 3.8) is 0 Å². The molecule has 2 atom stereocenters. The Kier molecular flexibility index (Phi) is 4.00. The predicted octanol–water partition coefficient (Wildman–Crippen LogP) is 1.10. The van der Waals surface area contributed by atoms with E-state index in [1.165, 1.54) is 32.2 Å². The molecule has 0 aliphatic carbocycles. The highest BCUT2D eigenvalue weighted by atomic mass is 16.3. The number of unbranched alkanes of at least 4 members (excludes halogenated alkanes) is 2. The van der Waals surface area contributed by atoms with E-state index < -0.39 is 0 Å². The molecule has 2 fully saturated rings. The topological polar surface area (TPSA) is 49.5 Å².